The number of hydrogen-bond donors (Lipinski definition) is 0. The number of aromatic nitrogens is 1. The van der Waals surface area contributed by atoms with E-state index in [0.29, 0.717) is 0 Å². The van der Waals surface area contributed by atoms with Crippen molar-refractivity contribution in [1.29, 1.82) is 0 Å². The molecule has 2 rings (SSSR count). The van der Waals surface area contributed by atoms with Crippen LogP contribution in [0.4, 0.5) is 13.2 Å². The Kier molecular flexibility index (Phi) is 4.40. The maximum atomic E-state index is 12.4. The minimum absolute atomic E-state index is 0. The first kappa shape index (κ1) is 15.0. The highest BCUT2D eigenvalue weighted by molar-refractivity contribution is 7.15. The summed E-state index contributed by atoms with van der Waals surface area (Å²) in [7, 11) is 0. The molecule has 0 radical (unpaired) electrons. The summed E-state index contributed by atoms with van der Waals surface area (Å²) in [6, 6.07) is 5.09. The lowest BCUT2D eigenvalue weighted by atomic mass is 10.1. The zero-order valence-corrected chi connectivity index (χ0v) is 11.3. The van der Waals surface area contributed by atoms with Crippen molar-refractivity contribution in [2.75, 3.05) is 0 Å². The van der Waals surface area contributed by atoms with Gasteiger partial charge in [0, 0.05) is 10.4 Å². The Balaban J connectivity index is 0.00000162. The van der Waals surface area contributed by atoms with Crippen LogP contribution in [-0.2, 0) is 6.18 Å². The third-order valence-corrected chi connectivity index (χ3v) is 3.61. The lowest BCUT2D eigenvalue weighted by Crippen LogP contribution is -2.03. The molecule has 1 aromatic carbocycles. The summed E-state index contributed by atoms with van der Waals surface area (Å²) in [5.41, 5.74) is 1.01. The first-order valence-corrected chi connectivity index (χ1v) is 5.81. The monoisotopic (exact) mass is 293 g/mol. The Hall–Kier alpha value is -1.07. The van der Waals surface area contributed by atoms with Crippen molar-refractivity contribution in [2.24, 2.45) is 0 Å². The van der Waals surface area contributed by atoms with Crippen LogP contribution in [0.2, 0.25) is 0 Å². The normalized spacial score (nSPS) is 11.2. The molecule has 0 spiro atoms. The molecule has 0 aliphatic rings. The van der Waals surface area contributed by atoms with Crippen molar-refractivity contribution in [3.8, 4) is 10.6 Å². The Morgan fingerprint density at radius 1 is 1.06 bits per heavy atom. The second kappa shape index (κ2) is 5.28. The molecule has 0 saturated carbocycles. The number of hydrogen-bond acceptors (Lipinski definition) is 2. The minimum Gasteiger partial charge on any atom is -0.241 e. The van der Waals surface area contributed by atoms with Crippen LogP contribution in [0.5, 0.6) is 0 Å². The summed E-state index contributed by atoms with van der Waals surface area (Å²) in [6.07, 6.45) is -4.28. The zero-order chi connectivity index (χ0) is 12.6. The van der Waals surface area contributed by atoms with Gasteiger partial charge in [-0.15, -0.1) is 23.7 Å². The smallest absolute Gasteiger partial charge is 0.241 e. The van der Waals surface area contributed by atoms with Gasteiger partial charge >= 0.3 is 6.18 Å². The van der Waals surface area contributed by atoms with Crippen LogP contribution in [0.15, 0.2) is 24.3 Å². The molecule has 6 heteroatoms. The van der Waals surface area contributed by atoms with Gasteiger partial charge in [0.05, 0.1) is 11.3 Å². The average Bonchev–Trinajstić information content (AvgIpc) is 2.58. The van der Waals surface area contributed by atoms with E-state index in [0.717, 1.165) is 33.3 Å². The number of nitrogens with zero attached hydrogens (tertiary/aromatic N) is 1. The van der Waals surface area contributed by atoms with Gasteiger partial charge in [-0.1, -0.05) is 12.1 Å². The second-order valence-corrected chi connectivity index (χ2v) is 4.94. The Morgan fingerprint density at radius 3 is 2.00 bits per heavy atom. The molecule has 2 aromatic rings. The van der Waals surface area contributed by atoms with Crippen molar-refractivity contribution in [3.05, 3.63) is 40.4 Å². The largest absolute Gasteiger partial charge is 0.416 e. The lowest BCUT2D eigenvalue weighted by molar-refractivity contribution is -0.137. The standard InChI is InChI=1S/C12H10F3NS.ClH/c1-7-8(2)17-11(16-7)9-3-5-10(6-4-9)12(13,14)15;/h3-6H,1-2H3;1H. The first-order valence-electron chi connectivity index (χ1n) is 4.99. The Morgan fingerprint density at radius 2 is 1.61 bits per heavy atom. The summed E-state index contributed by atoms with van der Waals surface area (Å²) in [6.45, 7) is 3.83. The Bertz CT molecular complexity index is 512. The fourth-order valence-corrected chi connectivity index (χ4v) is 2.32. The van der Waals surface area contributed by atoms with E-state index in [9.17, 15) is 13.2 Å². The summed E-state index contributed by atoms with van der Waals surface area (Å²) < 4.78 is 37.1. The fraction of sp³-hybridized carbons (Fsp3) is 0.250. The summed E-state index contributed by atoms with van der Waals surface area (Å²) in [5.74, 6) is 0. The fourth-order valence-electron chi connectivity index (χ4n) is 1.40. The van der Waals surface area contributed by atoms with Gasteiger partial charge < -0.3 is 0 Å². The van der Waals surface area contributed by atoms with Crippen LogP contribution >= 0.6 is 23.7 Å². The highest BCUT2D eigenvalue weighted by Gasteiger charge is 2.30. The predicted octanol–water partition coefficient (Wildman–Crippen LogP) is 4.87. The zero-order valence-electron chi connectivity index (χ0n) is 9.71. The molecule has 0 fully saturated rings. The van der Waals surface area contributed by atoms with Crippen LogP contribution in [0.3, 0.4) is 0 Å². The van der Waals surface area contributed by atoms with Crippen LogP contribution in [0.1, 0.15) is 16.1 Å². The highest BCUT2D eigenvalue weighted by atomic mass is 35.5. The molecule has 0 atom stereocenters. The number of aryl methyl sites for hydroxylation is 2. The first-order chi connectivity index (χ1) is 7.88. The number of halogens is 4. The van der Waals surface area contributed by atoms with Gasteiger partial charge in [0.15, 0.2) is 0 Å². The maximum Gasteiger partial charge on any atom is 0.416 e. The number of thiazole rings is 1. The molecule has 0 unspecified atom stereocenters. The molecule has 0 aliphatic carbocycles. The van der Waals surface area contributed by atoms with Crippen molar-refractivity contribution >= 4 is 23.7 Å². The van der Waals surface area contributed by atoms with E-state index in [4.69, 9.17) is 0 Å². The minimum atomic E-state index is -4.28. The average molecular weight is 294 g/mol. The van der Waals surface area contributed by atoms with E-state index in [1.54, 1.807) is 0 Å². The maximum absolute atomic E-state index is 12.4. The van der Waals surface area contributed by atoms with E-state index >= 15 is 0 Å². The summed E-state index contributed by atoms with van der Waals surface area (Å²) >= 11 is 1.49. The molecule has 0 aliphatic heterocycles. The molecule has 0 bridgehead atoms. The van der Waals surface area contributed by atoms with Gasteiger partial charge in [-0.2, -0.15) is 13.2 Å². The van der Waals surface area contributed by atoms with E-state index in [2.05, 4.69) is 4.98 Å². The molecule has 0 amide bonds. The van der Waals surface area contributed by atoms with E-state index in [1.807, 2.05) is 13.8 Å². The Labute approximate surface area is 113 Å². The molecular weight excluding hydrogens is 283 g/mol. The molecular formula is C12H11ClF3NS. The predicted molar refractivity (Wildman–Crippen MR) is 69.3 cm³/mol. The molecule has 1 aromatic heterocycles. The van der Waals surface area contributed by atoms with Gasteiger partial charge in [0.1, 0.15) is 5.01 Å². The van der Waals surface area contributed by atoms with Crippen molar-refractivity contribution in [2.45, 2.75) is 20.0 Å². The number of rotatable bonds is 1. The molecule has 98 valence electrons. The third-order valence-electron chi connectivity index (χ3n) is 2.49. The number of alkyl halides is 3. The van der Waals surface area contributed by atoms with Crippen LogP contribution in [-0.4, -0.2) is 4.98 Å². The molecule has 0 N–H and O–H groups in total. The molecule has 1 nitrogen and oxygen atoms in total. The molecule has 0 saturated heterocycles. The van der Waals surface area contributed by atoms with Gasteiger partial charge in [-0.25, -0.2) is 4.98 Å². The van der Waals surface area contributed by atoms with Crippen molar-refractivity contribution < 1.29 is 13.2 Å². The highest BCUT2D eigenvalue weighted by Crippen LogP contribution is 2.32. The molecule has 1 heterocycles. The number of benzene rings is 1. The van der Waals surface area contributed by atoms with Gasteiger partial charge in [0.2, 0.25) is 0 Å². The SMILES string of the molecule is Cc1nc(-c2ccc(C(F)(F)F)cc2)sc1C.Cl. The third kappa shape index (κ3) is 3.03. The van der Waals surface area contributed by atoms with Crippen molar-refractivity contribution in [1.82, 2.24) is 4.98 Å². The quantitative estimate of drug-likeness (QED) is 0.731. The van der Waals surface area contributed by atoms with Crippen LogP contribution in [0.25, 0.3) is 10.6 Å². The second-order valence-electron chi connectivity index (χ2n) is 3.74. The summed E-state index contributed by atoms with van der Waals surface area (Å²) in [5, 5.41) is 0.758. The van der Waals surface area contributed by atoms with E-state index in [-0.39, 0.29) is 12.4 Å². The van der Waals surface area contributed by atoms with Gasteiger partial charge in [-0.05, 0) is 26.0 Å². The van der Waals surface area contributed by atoms with E-state index in [1.165, 1.54) is 23.5 Å². The molecule has 18 heavy (non-hydrogen) atoms. The lowest BCUT2D eigenvalue weighted by Gasteiger charge is -2.06. The van der Waals surface area contributed by atoms with Gasteiger partial charge in [0.25, 0.3) is 0 Å². The topological polar surface area (TPSA) is 12.9 Å². The van der Waals surface area contributed by atoms with E-state index < -0.39 is 11.7 Å². The van der Waals surface area contributed by atoms with Crippen LogP contribution < -0.4 is 0 Å². The summed E-state index contributed by atoms with van der Waals surface area (Å²) in [4.78, 5) is 5.39. The van der Waals surface area contributed by atoms with Crippen molar-refractivity contribution in [3.63, 3.8) is 0 Å². The van der Waals surface area contributed by atoms with Gasteiger partial charge in [-0.3, -0.25) is 0 Å². The van der Waals surface area contributed by atoms with Crippen LogP contribution in [0, 0.1) is 13.8 Å².